The fraction of sp³-hybridized carbons (Fsp3) is 0.833. The lowest BCUT2D eigenvalue weighted by Gasteiger charge is -2.30. The lowest BCUT2D eigenvalue weighted by atomic mass is 9.94. The Balaban J connectivity index is 2.19. The molecule has 0 aromatic heterocycles. The van der Waals surface area contributed by atoms with Gasteiger partial charge < -0.3 is 14.4 Å². The third-order valence-corrected chi connectivity index (χ3v) is 3.03. The van der Waals surface area contributed by atoms with Crippen LogP contribution in [-0.2, 0) is 9.53 Å². The van der Waals surface area contributed by atoms with Crippen LogP contribution in [0, 0.1) is 5.92 Å². The molecule has 0 aromatic rings. The summed E-state index contributed by atoms with van der Waals surface area (Å²) in [6.07, 6.45) is 5.20. The second kappa shape index (κ2) is 7.25. The normalized spacial score (nSPS) is 17.2. The van der Waals surface area contributed by atoms with Gasteiger partial charge in [0.25, 0.3) is 0 Å². The number of ether oxygens (including phenoxy) is 1. The number of carbonyl (C=O) groups excluding carboxylic acids is 2. The van der Waals surface area contributed by atoms with E-state index in [0.29, 0.717) is 18.9 Å². The number of rotatable bonds is 5. The van der Waals surface area contributed by atoms with Crippen molar-refractivity contribution in [3.05, 3.63) is 0 Å². The van der Waals surface area contributed by atoms with Gasteiger partial charge in [-0.3, -0.25) is 0 Å². The first-order valence-electron chi connectivity index (χ1n) is 6.13. The van der Waals surface area contributed by atoms with Gasteiger partial charge in [0.15, 0.2) is 0 Å². The van der Waals surface area contributed by atoms with E-state index in [2.05, 4.69) is 6.92 Å². The molecule has 0 N–H and O–H groups in total. The molecule has 92 valence electrons. The summed E-state index contributed by atoms with van der Waals surface area (Å²) >= 11 is 0. The molecule has 16 heavy (non-hydrogen) atoms. The van der Waals surface area contributed by atoms with Gasteiger partial charge in [-0.25, -0.2) is 4.79 Å². The highest BCUT2D eigenvalue weighted by Gasteiger charge is 2.23. The smallest absolute Gasteiger partial charge is 0.409 e. The van der Waals surface area contributed by atoms with Crippen molar-refractivity contribution in [1.82, 2.24) is 4.90 Å². The maximum absolute atomic E-state index is 11.6. The summed E-state index contributed by atoms with van der Waals surface area (Å²) in [5.41, 5.74) is 0. The number of hydrogen-bond acceptors (Lipinski definition) is 3. The first kappa shape index (κ1) is 13.0. The minimum absolute atomic E-state index is 0.196. The van der Waals surface area contributed by atoms with E-state index < -0.39 is 0 Å². The second-order valence-corrected chi connectivity index (χ2v) is 4.30. The van der Waals surface area contributed by atoms with Gasteiger partial charge in [-0.2, -0.15) is 0 Å². The minimum atomic E-state index is -0.196. The van der Waals surface area contributed by atoms with Crippen molar-refractivity contribution in [2.45, 2.75) is 39.0 Å². The Morgan fingerprint density at radius 2 is 2.12 bits per heavy atom. The van der Waals surface area contributed by atoms with Gasteiger partial charge in [0, 0.05) is 19.5 Å². The fourth-order valence-corrected chi connectivity index (χ4v) is 1.88. The Morgan fingerprint density at radius 3 is 2.69 bits per heavy atom. The first-order valence-corrected chi connectivity index (χ1v) is 6.13. The topological polar surface area (TPSA) is 46.6 Å². The Morgan fingerprint density at radius 1 is 1.44 bits per heavy atom. The molecule has 0 spiro atoms. The van der Waals surface area contributed by atoms with Crippen LogP contribution in [0.25, 0.3) is 0 Å². The molecule has 4 nitrogen and oxygen atoms in total. The van der Waals surface area contributed by atoms with Gasteiger partial charge >= 0.3 is 6.09 Å². The lowest BCUT2D eigenvalue weighted by Crippen LogP contribution is -2.39. The molecule has 0 aliphatic carbocycles. The highest BCUT2D eigenvalue weighted by molar-refractivity contribution is 5.67. The van der Waals surface area contributed by atoms with E-state index in [0.717, 1.165) is 45.1 Å². The Hall–Kier alpha value is -1.06. The maximum atomic E-state index is 11.6. The van der Waals surface area contributed by atoms with Crippen LogP contribution < -0.4 is 0 Å². The summed E-state index contributed by atoms with van der Waals surface area (Å²) in [5, 5.41) is 0. The SMILES string of the molecule is CCCCOC(=O)N1CCC(CC=O)CC1. The Bertz CT molecular complexity index is 222. The summed E-state index contributed by atoms with van der Waals surface area (Å²) < 4.78 is 5.13. The molecule has 1 fully saturated rings. The molecule has 0 aromatic carbocycles. The van der Waals surface area contributed by atoms with Crippen molar-refractivity contribution < 1.29 is 14.3 Å². The summed E-state index contributed by atoms with van der Waals surface area (Å²) in [6.45, 7) is 4.04. The maximum Gasteiger partial charge on any atom is 0.409 e. The van der Waals surface area contributed by atoms with E-state index >= 15 is 0 Å². The van der Waals surface area contributed by atoms with Crippen LogP contribution in [0.2, 0.25) is 0 Å². The number of carbonyl (C=O) groups is 2. The predicted octanol–water partition coefficient (Wildman–Crippen LogP) is 2.22. The number of aldehydes is 1. The molecule has 1 aliphatic heterocycles. The first-order chi connectivity index (χ1) is 7.77. The minimum Gasteiger partial charge on any atom is -0.449 e. The third kappa shape index (κ3) is 4.21. The van der Waals surface area contributed by atoms with E-state index in [9.17, 15) is 9.59 Å². The molecule has 1 amide bonds. The summed E-state index contributed by atoms with van der Waals surface area (Å²) in [6, 6.07) is 0. The molecule has 1 aliphatic rings. The van der Waals surface area contributed by atoms with E-state index in [1.54, 1.807) is 4.90 Å². The largest absolute Gasteiger partial charge is 0.449 e. The van der Waals surface area contributed by atoms with Gasteiger partial charge in [0.2, 0.25) is 0 Å². The zero-order valence-corrected chi connectivity index (χ0v) is 9.98. The summed E-state index contributed by atoms with van der Waals surface area (Å²) in [7, 11) is 0. The zero-order valence-electron chi connectivity index (χ0n) is 9.98. The summed E-state index contributed by atoms with van der Waals surface area (Å²) in [5.74, 6) is 0.456. The van der Waals surface area contributed by atoms with Gasteiger partial charge in [-0.1, -0.05) is 13.3 Å². The zero-order chi connectivity index (χ0) is 11.8. The van der Waals surface area contributed by atoms with E-state index in [-0.39, 0.29) is 6.09 Å². The number of nitrogens with zero attached hydrogens (tertiary/aromatic N) is 1. The molecule has 4 heteroatoms. The van der Waals surface area contributed by atoms with Crippen LogP contribution >= 0.6 is 0 Å². The molecule has 1 rings (SSSR count). The number of amides is 1. The highest BCUT2D eigenvalue weighted by atomic mass is 16.6. The predicted molar refractivity (Wildman–Crippen MR) is 61.2 cm³/mol. The Labute approximate surface area is 96.9 Å². The standard InChI is InChI=1S/C12H21NO3/c1-2-3-10-16-12(15)13-7-4-11(5-8-13)6-9-14/h9,11H,2-8,10H2,1H3. The van der Waals surface area contributed by atoms with Crippen molar-refractivity contribution in [2.75, 3.05) is 19.7 Å². The van der Waals surface area contributed by atoms with E-state index in [4.69, 9.17) is 4.74 Å². The van der Waals surface area contributed by atoms with Crippen molar-refractivity contribution in [3.8, 4) is 0 Å². The fourth-order valence-electron chi connectivity index (χ4n) is 1.88. The van der Waals surface area contributed by atoms with Crippen molar-refractivity contribution in [2.24, 2.45) is 5.92 Å². The number of unbranched alkanes of at least 4 members (excludes halogenated alkanes) is 1. The molecule has 0 unspecified atom stereocenters. The number of hydrogen-bond donors (Lipinski definition) is 0. The number of likely N-dealkylation sites (tertiary alicyclic amines) is 1. The molecule has 0 bridgehead atoms. The van der Waals surface area contributed by atoms with Crippen LogP contribution in [0.1, 0.15) is 39.0 Å². The molecule has 0 atom stereocenters. The van der Waals surface area contributed by atoms with Gasteiger partial charge in [0.05, 0.1) is 6.61 Å². The third-order valence-electron chi connectivity index (χ3n) is 3.03. The molecule has 1 saturated heterocycles. The van der Waals surface area contributed by atoms with Crippen molar-refractivity contribution in [1.29, 1.82) is 0 Å². The van der Waals surface area contributed by atoms with E-state index in [1.807, 2.05) is 0 Å². The van der Waals surface area contributed by atoms with Crippen LogP contribution in [0.15, 0.2) is 0 Å². The molecule has 1 heterocycles. The van der Waals surface area contributed by atoms with Gasteiger partial charge in [-0.05, 0) is 25.2 Å². The van der Waals surface area contributed by atoms with E-state index in [1.165, 1.54) is 0 Å². The Kier molecular flexibility index (Phi) is 5.90. The van der Waals surface area contributed by atoms with Gasteiger partial charge in [0.1, 0.15) is 6.29 Å². The monoisotopic (exact) mass is 227 g/mol. The van der Waals surface area contributed by atoms with Crippen molar-refractivity contribution in [3.63, 3.8) is 0 Å². The van der Waals surface area contributed by atoms with Crippen LogP contribution in [-0.4, -0.2) is 37.0 Å². The van der Waals surface area contributed by atoms with Crippen LogP contribution in [0.4, 0.5) is 4.79 Å². The lowest BCUT2D eigenvalue weighted by molar-refractivity contribution is -0.108. The molecule has 0 saturated carbocycles. The average molecular weight is 227 g/mol. The van der Waals surface area contributed by atoms with Crippen LogP contribution in [0.3, 0.4) is 0 Å². The van der Waals surface area contributed by atoms with Gasteiger partial charge in [-0.15, -0.1) is 0 Å². The number of piperidine rings is 1. The summed E-state index contributed by atoms with van der Waals surface area (Å²) in [4.78, 5) is 23.7. The highest BCUT2D eigenvalue weighted by Crippen LogP contribution is 2.19. The molecular formula is C12H21NO3. The molecular weight excluding hydrogens is 206 g/mol. The second-order valence-electron chi connectivity index (χ2n) is 4.30. The quantitative estimate of drug-likeness (QED) is 0.534. The van der Waals surface area contributed by atoms with Crippen molar-refractivity contribution >= 4 is 12.4 Å². The average Bonchev–Trinajstić information content (AvgIpc) is 2.30. The van der Waals surface area contributed by atoms with Crippen LogP contribution in [0.5, 0.6) is 0 Å². The molecule has 0 radical (unpaired) electrons.